The molecule has 0 aliphatic carbocycles. The van der Waals surface area contributed by atoms with E-state index in [0.29, 0.717) is 41.8 Å². The molecule has 2 aromatic heterocycles. The van der Waals surface area contributed by atoms with E-state index in [1.807, 2.05) is 30.3 Å². The highest BCUT2D eigenvalue weighted by atomic mass is 19.1. The summed E-state index contributed by atoms with van der Waals surface area (Å²) >= 11 is 0. The maximum atomic E-state index is 14.6. The van der Waals surface area contributed by atoms with Crippen molar-refractivity contribution >= 4 is 22.6 Å². The number of ether oxygens (including phenoxy) is 2. The average Bonchev–Trinajstić information content (AvgIpc) is 3.30. The molecule has 2 N–H and O–H groups in total. The maximum absolute atomic E-state index is 14.6. The first kappa shape index (κ1) is 22.5. The summed E-state index contributed by atoms with van der Waals surface area (Å²) in [6, 6.07) is 9.33. The Hall–Kier alpha value is -3.30. The third-order valence-corrected chi connectivity index (χ3v) is 6.45. The lowest BCUT2D eigenvalue weighted by molar-refractivity contribution is -0.118. The Balaban J connectivity index is 1.12. The summed E-state index contributed by atoms with van der Waals surface area (Å²) in [6.45, 7) is 4.30. The molecule has 8 nitrogen and oxygen atoms in total. The normalized spacial score (nSPS) is 17.9. The lowest BCUT2D eigenvalue weighted by atomic mass is 10.0. The van der Waals surface area contributed by atoms with Crippen LogP contribution in [-0.4, -0.2) is 60.7 Å². The molecular formula is C25H28FN5O3. The van der Waals surface area contributed by atoms with Gasteiger partial charge < -0.3 is 25.0 Å². The van der Waals surface area contributed by atoms with Gasteiger partial charge in [-0.2, -0.15) is 0 Å². The highest BCUT2D eigenvalue weighted by molar-refractivity contribution is 5.94. The van der Waals surface area contributed by atoms with E-state index in [4.69, 9.17) is 9.47 Å². The number of aromatic nitrogens is 2. The molecule has 0 bridgehead atoms. The Bertz CT molecular complexity index is 1200. The molecule has 0 radical (unpaired) electrons. The van der Waals surface area contributed by atoms with Crippen LogP contribution in [0.2, 0.25) is 0 Å². The van der Waals surface area contributed by atoms with Crippen LogP contribution >= 0.6 is 0 Å². The molecule has 4 heterocycles. The summed E-state index contributed by atoms with van der Waals surface area (Å²) < 4.78 is 25.3. The van der Waals surface area contributed by atoms with Gasteiger partial charge in [0.1, 0.15) is 11.6 Å². The number of hydrogen-bond donors (Lipinski definition) is 2. The number of rotatable bonds is 8. The summed E-state index contributed by atoms with van der Waals surface area (Å²) in [7, 11) is 1.61. The second-order valence-electron chi connectivity index (χ2n) is 8.79. The average molecular weight is 466 g/mol. The summed E-state index contributed by atoms with van der Waals surface area (Å²) in [4.78, 5) is 22.6. The fourth-order valence-electron chi connectivity index (χ4n) is 4.64. The lowest BCUT2D eigenvalue weighted by Gasteiger charge is -2.18. The number of likely N-dealkylation sites (tertiary alicyclic amines) is 1. The van der Waals surface area contributed by atoms with Gasteiger partial charge in [0.05, 0.1) is 24.5 Å². The first-order chi connectivity index (χ1) is 16.6. The van der Waals surface area contributed by atoms with Crippen LogP contribution in [0.15, 0.2) is 36.5 Å². The minimum Gasteiger partial charge on any atom is -0.497 e. The van der Waals surface area contributed by atoms with Crippen LogP contribution in [0.25, 0.3) is 10.9 Å². The van der Waals surface area contributed by atoms with Gasteiger partial charge in [-0.1, -0.05) is 0 Å². The number of benzene rings is 1. The van der Waals surface area contributed by atoms with Crippen LogP contribution in [0.4, 0.5) is 10.2 Å². The number of pyridine rings is 2. The van der Waals surface area contributed by atoms with Crippen LogP contribution in [0.5, 0.6) is 11.5 Å². The standard InChI is InChI=1S/C25H28FN5O3/c1-33-18-3-4-22-20(10-18)19(21(26)13-28-22)7-9-31-8-6-16(14-31)11-27-12-17-2-5-23-25(29-17)30-24(32)15-34-23/h2-5,10,13,16,27H,6-9,11-12,14-15H2,1H3,(H,29,30,32)/t16-/m0/s1. The number of nitrogens with one attached hydrogen (secondary N) is 2. The van der Waals surface area contributed by atoms with Crippen molar-refractivity contribution in [2.75, 3.05) is 45.2 Å². The number of fused-ring (bicyclic) bond motifs is 2. The minimum atomic E-state index is -0.266. The Labute approximate surface area is 197 Å². The molecule has 1 fully saturated rings. The van der Waals surface area contributed by atoms with E-state index >= 15 is 0 Å². The van der Waals surface area contributed by atoms with E-state index in [-0.39, 0.29) is 18.3 Å². The van der Waals surface area contributed by atoms with Crippen molar-refractivity contribution in [2.24, 2.45) is 5.92 Å². The number of methoxy groups -OCH3 is 1. The Kier molecular flexibility index (Phi) is 6.55. The molecule has 9 heteroatoms. The maximum Gasteiger partial charge on any atom is 0.263 e. The summed E-state index contributed by atoms with van der Waals surface area (Å²) in [6.07, 6.45) is 3.04. The molecule has 5 rings (SSSR count). The van der Waals surface area contributed by atoms with E-state index in [1.54, 1.807) is 7.11 Å². The zero-order valence-corrected chi connectivity index (χ0v) is 19.1. The second-order valence-corrected chi connectivity index (χ2v) is 8.79. The van der Waals surface area contributed by atoms with E-state index in [2.05, 4.69) is 25.5 Å². The van der Waals surface area contributed by atoms with Gasteiger partial charge in [-0.25, -0.2) is 9.37 Å². The van der Waals surface area contributed by atoms with Crippen molar-refractivity contribution in [3.8, 4) is 11.5 Å². The zero-order chi connectivity index (χ0) is 23.5. The van der Waals surface area contributed by atoms with Crippen molar-refractivity contribution in [1.29, 1.82) is 0 Å². The van der Waals surface area contributed by atoms with Crippen molar-refractivity contribution < 1.29 is 18.7 Å². The topological polar surface area (TPSA) is 88.6 Å². The van der Waals surface area contributed by atoms with E-state index in [9.17, 15) is 9.18 Å². The number of hydrogen-bond acceptors (Lipinski definition) is 7. The van der Waals surface area contributed by atoms with Crippen LogP contribution in [0, 0.1) is 11.7 Å². The van der Waals surface area contributed by atoms with Gasteiger partial charge in [-0.3, -0.25) is 9.78 Å². The molecule has 1 saturated heterocycles. The van der Waals surface area contributed by atoms with Crippen molar-refractivity contribution in [3.63, 3.8) is 0 Å². The Morgan fingerprint density at radius 3 is 3.12 bits per heavy atom. The number of amides is 1. The van der Waals surface area contributed by atoms with Crippen LogP contribution < -0.4 is 20.1 Å². The molecule has 0 saturated carbocycles. The number of anilines is 1. The molecule has 2 aliphatic rings. The van der Waals surface area contributed by atoms with Gasteiger partial charge >= 0.3 is 0 Å². The summed E-state index contributed by atoms with van der Waals surface area (Å²) in [5.74, 6) is 1.87. The van der Waals surface area contributed by atoms with E-state index < -0.39 is 0 Å². The third kappa shape index (κ3) is 4.95. The molecular weight excluding hydrogens is 437 g/mol. The van der Waals surface area contributed by atoms with E-state index in [0.717, 1.165) is 49.2 Å². The molecule has 1 amide bonds. The molecule has 1 aromatic carbocycles. The molecule has 0 unspecified atom stereocenters. The first-order valence-electron chi connectivity index (χ1n) is 11.6. The number of carbonyl (C=O) groups is 1. The van der Waals surface area contributed by atoms with Crippen LogP contribution in [0.3, 0.4) is 0 Å². The van der Waals surface area contributed by atoms with Gasteiger partial charge in [0.15, 0.2) is 18.2 Å². The minimum absolute atomic E-state index is 0.0304. The molecule has 178 valence electrons. The highest BCUT2D eigenvalue weighted by Gasteiger charge is 2.23. The second kappa shape index (κ2) is 9.90. The number of halogens is 1. The molecule has 3 aromatic rings. The SMILES string of the molecule is COc1ccc2ncc(F)c(CCN3CC[C@@H](CNCc4ccc5c(n4)NC(=O)CO5)C3)c2c1. The Morgan fingerprint density at radius 2 is 2.24 bits per heavy atom. The smallest absolute Gasteiger partial charge is 0.263 e. The molecule has 2 aliphatic heterocycles. The lowest BCUT2D eigenvalue weighted by Crippen LogP contribution is -2.28. The van der Waals surface area contributed by atoms with Gasteiger partial charge in [-0.15, -0.1) is 0 Å². The first-order valence-corrected chi connectivity index (χ1v) is 11.6. The van der Waals surface area contributed by atoms with Gasteiger partial charge in [0.2, 0.25) is 0 Å². The number of nitrogens with zero attached hydrogens (tertiary/aromatic N) is 3. The van der Waals surface area contributed by atoms with Crippen LogP contribution in [-0.2, 0) is 17.8 Å². The Morgan fingerprint density at radius 1 is 1.32 bits per heavy atom. The quantitative estimate of drug-likeness (QED) is 0.529. The van der Waals surface area contributed by atoms with Crippen LogP contribution in [0.1, 0.15) is 17.7 Å². The fourth-order valence-corrected chi connectivity index (χ4v) is 4.64. The fraction of sp³-hybridized carbons (Fsp3) is 0.400. The molecule has 34 heavy (non-hydrogen) atoms. The summed E-state index contributed by atoms with van der Waals surface area (Å²) in [5.41, 5.74) is 2.33. The van der Waals surface area contributed by atoms with Crippen molar-refractivity contribution in [1.82, 2.24) is 20.2 Å². The van der Waals surface area contributed by atoms with Gasteiger partial charge in [0.25, 0.3) is 5.91 Å². The van der Waals surface area contributed by atoms with Crippen molar-refractivity contribution in [3.05, 3.63) is 53.6 Å². The van der Waals surface area contributed by atoms with Crippen molar-refractivity contribution in [2.45, 2.75) is 19.4 Å². The van der Waals surface area contributed by atoms with Gasteiger partial charge in [-0.05, 0) is 62.2 Å². The predicted molar refractivity (Wildman–Crippen MR) is 127 cm³/mol. The highest BCUT2D eigenvalue weighted by Crippen LogP contribution is 2.27. The zero-order valence-electron chi connectivity index (χ0n) is 19.1. The van der Waals surface area contributed by atoms with E-state index in [1.165, 1.54) is 6.20 Å². The van der Waals surface area contributed by atoms with Gasteiger partial charge in [0, 0.05) is 30.6 Å². The molecule has 1 atom stereocenters. The molecule has 0 spiro atoms. The summed E-state index contributed by atoms with van der Waals surface area (Å²) in [5, 5.41) is 7.03. The monoisotopic (exact) mass is 465 g/mol. The largest absolute Gasteiger partial charge is 0.497 e. The number of carbonyl (C=O) groups excluding carboxylic acids is 1. The predicted octanol–water partition coefficient (Wildman–Crippen LogP) is 2.76. The third-order valence-electron chi connectivity index (χ3n) is 6.45.